The van der Waals surface area contributed by atoms with E-state index >= 15 is 0 Å². The van der Waals surface area contributed by atoms with E-state index in [2.05, 4.69) is 36.1 Å². The van der Waals surface area contributed by atoms with Crippen molar-refractivity contribution in [2.45, 2.75) is 59.0 Å². The molecule has 1 aromatic rings. The fraction of sp³-hybridized carbons (Fsp3) is 0.647. The number of alkyl halides is 2. The van der Waals surface area contributed by atoms with Gasteiger partial charge in [-0.2, -0.15) is 0 Å². The Hall–Kier alpha value is -1.92. The number of halogens is 2. The molecule has 7 heteroatoms. The van der Waals surface area contributed by atoms with E-state index in [0.717, 1.165) is 12.8 Å². The molecule has 1 unspecified atom stereocenters. The molecule has 0 spiro atoms. The zero-order chi connectivity index (χ0) is 17.9. The number of nitrogens with zero attached hydrogens (tertiary/aromatic N) is 2. The molecule has 1 atom stereocenters. The van der Waals surface area contributed by atoms with Gasteiger partial charge >= 0.3 is 0 Å². The minimum Gasteiger partial charge on any atom is -0.471 e. The van der Waals surface area contributed by atoms with Crippen LogP contribution < -0.4 is 15.8 Å². The predicted molar refractivity (Wildman–Crippen MR) is 92.3 cm³/mol. The van der Waals surface area contributed by atoms with Crippen LogP contribution in [0.25, 0.3) is 0 Å². The van der Waals surface area contributed by atoms with Gasteiger partial charge in [0.2, 0.25) is 5.88 Å². The molecule has 1 heterocycles. The molecular weight excluding hydrogens is 314 g/mol. The van der Waals surface area contributed by atoms with Gasteiger partial charge in [-0.25, -0.2) is 18.8 Å². The van der Waals surface area contributed by atoms with Crippen LogP contribution in [0, 0.1) is 5.92 Å². The fourth-order valence-electron chi connectivity index (χ4n) is 2.19. The van der Waals surface area contributed by atoms with E-state index in [1.165, 1.54) is 12.6 Å². The lowest BCUT2D eigenvalue weighted by molar-refractivity contribution is 0.0791. The third kappa shape index (κ3) is 8.64. The summed E-state index contributed by atoms with van der Waals surface area (Å²) >= 11 is 0. The van der Waals surface area contributed by atoms with Gasteiger partial charge in [-0.05, 0) is 25.3 Å². The van der Waals surface area contributed by atoms with Gasteiger partial charge in [0.25, 0.3) is 6.43 Å². The summed E-state index contributed by atoms with van der Waals surface area (Å²) in [5, 5.41) is 3.14. The van der Waals surface area contributed by atoms with E-state index in [9.17, 15) is 8.78 Å². The SMILES string of the molecule is CC(C)CCCC(C)NC(N)=NCc1cccnc1OCC(F)F. The number of nitrogens with one attached hydrogen (secondary N) is 1. The van der Waals surface area contributed by atoms with Gasteiger partial charge in [0.15, 0.2) is 12.6 Å². The minimum absolute atomic E-state index is 0.166. The Labute approximate surface area is 142 Å². The van der Waals surface area contributed by atoms with Crippen molar-refractivity contribution in [3.05, 3.63) is 23.9 Å². The standard InChI is InChI=1S/C17H28F2N4O/c1-12(2)6-4-7-13(3)23-17(20)22-10-14-8-5-9-21-16(14)24-11-15(18)19/h5,8-9,12-13,15H,4,6-7,10-11H2,1-3H3,(H3,20,22,23). The Bertz CT molecular complexity index is 509. The fourth-order valence-corrected chi connectivity index (χ4v) is 2.19. The number of guanidine groups is 1. The van der Waals surface area contributed by atoms with Crippen LogP contribution in [-0.2, 0) is 6.54 Å². The van der Waals surface area contributed by atoms with Gasteiger partial charge in [0.05, 0.1) is 6.54 Å². The highest BCUT2D eigenvalue weighted by atomic mass is 19.3. The van der Waals surface area contributed by atoms with Gasteiger partial charge < -0.3 is 15.8 Å². The molecule has 24 heavy (non-hydrogen) atoms. The lowest BCUT2D eigenvalue weighted by atomic mass is 10.0. The molecule has 0 saturated heterocycles. The number of pyridine rings is 1. The molecule has 136 valence electrons. The summed E-state index contributed by atoms with van der Waals surface area (Å²) in [6.07, 6.45) is 2.29. The monoisotopic (exact) mass is 342 g/mol. The molecule has 0 amide bonds. The maximum absolute atomic E-state index is 12.3. The van der Waals surface area contributed by atoms with Gasteiger partial charge in [-0.1, -0.05) is 32.8 Å². The summed E-state index contributed by atoms with van der Waals surface area (Å²) in [6.45, 7) is 6.01. The highest BCUT2D eigenvalue weighted by molar-refractivity contribution is 5.78. The van der Waals surface area contributed by atoms with Crippen LogP contribution in [0.4, 0.5) is 8.78 Å². The highest BCUT2D eigenvalue weighted by Gasteiger charge is 2.09. The van der Waals surface area contributed by atoms with E-state index in [-0.39, 0.29) is 18.5 Å². The molecule has 0 aromatic carbocycles. The third-order valence-corrected chi connectivity index (χ3v) is 3.43. The van der Waals surface area contributed by atoms with Crippen LogP contribution in [0.3, 0.4) is 0 Å². The molecule has 0 aliphatic carbocycles. The van der Waals surface area contributed by atoms with Crippen molar-refractivity contribution in [3.8, 4) is 5.88 Å². The Morgan fingerprint density at radius 1 is 1.33 bits per heavy atom. The normalized spacial score (nSPS) is 13.4. The third-order valence-electron chi connectivity index (χ3n) is 3.43. The molecule has 5 nitrogen and oxygen atoms in total. The maximum atomic E-state index is 12.3. The number of hydrogen-bond donors (Lipinski definition) is 2. The zero-order valence-electron chi connectivity index (χ0n) is 14.6. The smallest absolute Gasteiger partial charge is 0.272 e. The summed E-state index contributed by atoms with van der Waals surface area (Å²) in [5.41, 5.74) is 6.50. The van der Waals surface area contributed by atoms with Crippen molar-refractivity contribution in [3.63, 3.8) is 0 Å². The van der Waals surface area contributed by atoms with Crippen LogP contribution in [-0.4, -0.2) is 30.0 Å². The van der Waals surface area contributed by atoms with Gasteiger partial charge in [0.1, 0.15) is 0 Å². The molecule has 0 aliphatic heterocycles. The largest absolute Gasteiger partial charge is 0.471 e. The second-order valence-corrected chi connectivity index (χ2v) is 6.24. The minimum atomic E-state index is -2.54. The van der Waals surface area contributed by atoms with E-state index in [1.807, 2.05) is 0 Å². The summed E-state index contributed by atoms with van der Waals surface area (Å²) in [7, 11) is 0. The second kappa shape index (κ2) is 10.8. The first kappa shape index (κ1) is 20.1. The molecule has 1 rings (SSSR count). The van der Waals surface area contributed by atoms with Gasteiger partial charge in [-0.15, -0.1) is 0 Å². The molecule has 0 fully saturated rings. The van der Waals surface area contributed by atoms with Crippen LogP contribution >= 0.6 is 0 Å². The molecule has 0 saturated carbocycles. The lowest BCUT2D eigenvalue weighted by Gasteiger charge is -2.15. The molecule has 3 N–H and O–H groups in total. The first-order chi connectivity index (χ1) is 11.4. The maximum Gasteiger partial charge on any atom is 0.272 e. The number of aromatic nitrogens is 1. The Morgan fingerprint density at radius 3 is 2.75 bits per heavy atom. The number of nitrogens with two attached hydrogens (primary N) is 1. The van der Waals surface area contributed by atoms with Gasteiger partial charge in [-0.3, -0.25) is 0 Å². The first-order valence-electron chi connectivity index (χ1n) is 8.29. The van der Waals surface area contributed by atoms with E-state index in [4.69, 9.17) is 10.5 Å². The molecule has 0 bridgehead atoms. The van der Waals surface area contributed by atoms with Crippen molar-refractivity contribution in [2.75, 3.05) is 6.61 Å². The average Bonchev–Trinajstić information content (AvgIpc) is 2.51. The first-order valence-corrected chi connectivity index (χ1v) is 8.29. The lowest BCUT2D eigenvalue weighted by Crippen LogP contribution is -2.38. The summed E-state index contributed by atoms with van der Waals surface area (Å²) in [6, 6.07) is 3.67. The Kier molecular flexibility index (Phi) is 9.04. The Morgan fingerprint density at radius 2 is 2.08 bits per heavy atom. The highest BCUT2D eigenvalue weighted by Crippen LogP contribution is 2.16. The Balaban J connectivity index is 2.49. The number of aliphatic imine (C=N–C) groups is 1. The second-order valence-electron chi connectivity index (χ2n) is 6.24. The molecule has 1 aromatic heterocycles. The number of rotatable bonds is 10. The molecular formula is C17H28F2N4O. The van der Waals surface area contributed by atoms with Crippen molar-refractivity contribution < 1.29 is 13.5 Å². The van der Waals surface area contributed by atoms with Crippen molar-refractivity contribution in [2.24, 2.45) is 16.6 Å². The number of hydrogen-bond acceptors (Lipinski definition) is 3. The van der Waals surface area contributed by atoms with E-state index < -0.39 is 13.0 Å². The van der Waals surface area contributed by atoms with Crippen LogP contribution in [0.5, 0.6) is 5.88 Å². The van der Waals surface area contributed by atoms with Crippen LogP contribution in [0.15, 0.2) is 23.3 Å². The summed E-state index contributed by atoms with van der Waals surface area (Å²) < 4.78 is 29.5. The summed E-state index contributed by atoms with van der Waals surface area (Å²) in [5.74, 6) is 1.19. The molecule has 0 aliphatic rings. The topological polar surface area (TPSA) is 72.5 Å². The van der Waals surface area contributed by atoms with E-state index in [0.29, 0.717) is 17.4 Å². The zero-order valence-corrected chi connectivity index (χ0v) is 14.6. The predicted octanol–water partition coefficient (Wildman–Crippen LogP) is 3.34. The van der Waals surface area contributed by atoms with Gasteiger partial charge in [0, 0.05) is 17.8 Å². The van der Waals surface area contributed by atoms with Crippen LogP contribution in [0.2, 0.25) is 0 Å². The summed E-state index contributed by atoms with van der Waals surface area (Å²) in [4.78, 5) is 8.20. The quantitative estimate of drug-likeness (QED) is 0.505. The molecule has 0 radical (unpaired) electrons. The van der Waals surface area contributed by atoms with Crippen LogP contribution in [0.1, 0.15) is 45.6 Å². The average molecular weight is 342 g/mol. The number of ether oxygens (including phenoxy) is 1. The van der Waals surface area contributed by atoms with Crippen molar-refractivity contribution >= 4 is 5.96 Å². The van der Waals surface area contributed by atoms with Crippen molar-refractivity contribution in [1.29, 1.82) is 0 Å². The van der Waals surface area contributed by atoms with Crippen molar-refractivity contribution in [1.82, 2.24) is 10.3 Å². The van der Waals surface area contributed by atoms with E-state index in [1.54, 1.807) is 12.1 Å².